The second kappa shape index (κ2) is 5.69. The van der Waals surface area contributed by atoms with E-state index in [0.717, 1.165) is 12.1 Å². The molecule has 1 aromatic heterocycles. The summed E-state index contributed by atoms with van der Waals surface area (Å²) in [5.74, 6) is -0.830. The lowest BCUT2D eigenvalue weighted by atomic mass is 9.69. The second-order valence-electron chi connectivity index (χ2n) is 4.80. The third-order valence-corrected chi connectivity index (χ3v) is 3.51. The van der Waals surface area contributed by atoms with Crippen LogP contribution >= 0.6 is 0 Å². The molecule has 0 unspecified atom stereocenters. The number of hydrogen-bond acceptors (Lipinski definition) is 3. The Hall–Kier alpha value is -2.11. The van der Waals surface area contributed by atoms with Crippen LogP contribution in [0.15, 0.2) is 24.4 Å². The number of carbonyl (C=O) groups excluding carboxylic acids is 1. The van der Waals surface area contributed by atoms with Gasteiger partial charge < -0.3 is 15.7 Å². The number of nitrogens with one attached hydrogen (secondary N) is 2. The second-order valence-corrected chi connectivity index (χ2v) is 4.80. The van der Waals surface area contributed by atoms with Crippen molar-refractivity contribution in [1.29, 1.82) is 0 Å². The molecule has 0 radical (unpaired) electrons. The highest BCUT2D eigenvalue weighted by Gasteiger charge is 2.44. The molecule has 1 aliphatic rings. The number of nitrogens with zero attached hydrogens (tertiary/aromatic N) is 1. The first kappa shape index (κ1) is 13.3. The van der Waals surface area contributed by atoms with Gasteiger partial charge in [0.2, 0.25) is 0 Å². The summed E-state index contributed by atoms with van der Waals surface area (Å²) in [7, 11) is 0. The van der Waals surface area contributed by atoms with E-state index in [0.29, 0.717) is 19.4 Å². The normalized spacial score (nSPS) is 16.2. The molecular formula is C13H17N3O3. The zero-order valence-electron chi connectivity index (χ0n) is 10.6. The number of aromatic nitrogens is 1. The van der Waals surface area contributed by atoms with Crippen LogP contribution in [0.2, 0.25) is 0 Å². The average molecular weight is 263 g/mol. The molecule has 2 amide bonds. The highest BCUT2D eigenvalue weighted by Crippen LogP contribution is 2.40. The van der Waals surface area contributed by atoms with Gasteiger partial charge in [0, 0.05) is 12.7 Å². The third kappa shape index (κ3) is 3.21. The van der Waals surface area contributed by atoms with Crippen LogP contribution in [0.3, 0.4) is 0 Å². The maximum Gasteiger partial charge on any atom is 0.315 e. The minimum Gasteiger partial charge on any atom is -0.481 e. The molecule has 0 atom stereocenters. The van der Waals surface area contributed by atoms with E-state index >= 15 is 0 Å². The van der Waals surface area contributed by atoms with Gasteiger partial charge in [-0.2, -0.15) is 0 Å². The number of carboxylic acids is 1. The fourth-order valence-electron chi connectivity index (χ4n) is 2.06. The molecular weight excluding hydrogens is 246 g/mol. The standard InChI is InChI=1S/C13H17N3O3/c17-11(18)13(5-3-6-13)9-16-12(19)15-8-10-4-1-2-7-14-10/h1-2,4,7H,3,5-6,8-9H2,(H,17,18)(H2,15,16,19). The van der Waals surface area contributed by atoms with Gasteiger partial charge in [-0.1, -0.05) is 12.5 Å². The Bertz CT molecular complexity index is 457. The van der Waals surface area contributed by atoms with Gasteiger partial charge in [-0.3, -0.25) is 9.78 Å². The fraction of sp³-hybridized carbons (Fsp3) is 0.462. The van der Waals surface area contributed by atoms with Gasteiger partial charge in [-0.15, -0.1) is 0 Å². The van der Waals surface area contributed by atoms with Crippen molar-refractivity contribution in [3.8, 4) is 0 Å². The van der Waals surface area contributed by atoms with Crippen LogP contribution in [0, 0.1) is 5.41 Å². The molecule has 19 heavy (non-hydrogen) atoms. The van der Waals surface area contributed by atoms with Crippen molar-refractivity contribution in [2.24, 2.45) is 5.41 Å². The summed E-state index contributed by atoms with van der Waals surface area (Å²) in [6, 6.07) is 5.09. The monoisotopic (exact) mass is 263 g/mol. The van der Waals surface area contributed by atoms with Crippen LogP contribution in [0.5, 0.6) is 0 Å². The lowest BCUT2D eigenvalue weighted by Gasteiger charge is -2.37. The van der Waals surface area contributed by atoms with E-state index in [4.69, 9.17) is 5.11 Å². The van der Waals surface area contributed by atoms with Crippen molar-refractivity contribution in [2.45, 2.75) is 25.8 Å². The predicted molar refractivity (Wildman–Crippen MR) is 68.4 cm³/mol. The molecule has 0 bridgehead atoms. The van der Waals surface area contributed by atoms with E-state index in [1.54, 1.807) is 12.3 Å². The molecule has 0 aliphatic heterocycles. The molecule has 0 saturated heterocycles. The topological polar surface area (TPSA) is 91.3 Å². The predicted octanol–water partition coefficient (Wildman–Crippen LogP) is 1.14. The van der Waals surface area contributed by atoms with E-state index < -0.39 is 11.4 Å². The fourth-order valence-corrected chi connectivity index (χ4v) is 2.06. The number of carbonyl (C=O) groups is 2. The Kier molecular flexibility index (Phi) is 3.99. The van der Waals surface area contributed by atoms with E-state index in [-0.39, 0.29) is 12.6 Å². The van der Waals surface area contributed by atoms with Crippen LogP contribution in [-0.4, -0.2) is 28.6 Å². The largest absolute Gasteiger partial charge is 0.481 e. The van der Waals surface area contributed by atoms with Crippen LogP contribution in [-0.2, 0) is 11.3 Å². The van der Waals surface area contributed by atoms with E-state index in [9.17, 15) is 9.59 Å². The van der Waals surface area contributed by atoms with Crippen molar-refractivity contribution in [2.75, 3.05) is 6.54 Å². The molecule has 6 nitrogen and oxygen atoms in total. The quantitative estimate of drug-likeness (QED) is 0.742. The molecule has 1 saturated carbocycles. The summed E-state index contributed by atoms with van der Waals surface area (Å²) < 4.78 is 0. The van der Waals surface area contributed by atoms with Crippen LogP contribution in [0.25, 0.3) is 0 Å². The molecule has 0 aromatic carbocycles. The van der Waals surface area contributed by atoms with Gasteiger partial charge in [0.15, 0.2) is 0 Å². The first-order chi connectivity index (χ1) is 9.12. The summed E-state index contributed by atoms with van der Waals surface area (Å²) in [6.45, 7) is 0.503. The molecule has 3 N–H and O–H groups in total. The van der Waals surface area contributed by atoms with E-state index in [1.807, 2.05) is 12.1 Å². The zero-order valence-corrected chi connectivity index (χ0v) is 10.6. The number of urea groups is 1. The smallest absolute Gasteiger partial charge is 0.315 e. The SMILES string of the molecule is O=C(NCc1ccccn1)NCC1(C(=O)O)CCC1. The molecule has 0 spiro atoms. The Morgan fingerprint density at radius 1 is 1.32 bits per heavy atom. The van der Waals surface area contributed by atoms with Crippen LogP contribution < -0.4 is 10.6 Å². The maximum absolute atomic E-state index is 11.6. The number of pyridine rings is 1. The van der Waals surface area contributed by atoms with Gasteiger partial charge in [0.05, 0.1) is 17.7 Å². The maximum atomic E-state index is 11.6. The molecule has 102 valence electrons. The lowest BCUT2D eigenvalue weighted by Crippen LogP contribution is -2.49. The molecule has 1 fully saturated rings. The minimum absolute atomic E-state index is 0.177. The summed E-state index contributed by atoms with van der Waals surface area (Å²) in [4.78, 5) is 26.8. The van der Waals surface area contributed by atoms with Gasteiger partial charge >= 0.3 is 12.0 Å². The molecule has 1 heterocycles. The molecule has 6 heteroatoms. The van der Waals surface area contributed by atoms with Crippen LogP contribution in [0.4, 0.5) is 4.79 Å². The van der Waals surface area contributed by atoms with Crippen molar-refractivity contribution in [1.82, 2.24) is 15.6 Å². The van der Waals surface area contributed by atoms with Crippen molar-refractivity contribution >= 4 is 12.0 Å². The third-order valence-electron chi connectivity index (χ3n) is 3.51. The number of rotatable bonds is 5. The minimum atomic E-state index is -0.830. The van der Waals surface area contributed by atoms with E-state index in [1.165, 1.54) is 0 Å². The molecule has 1 aromatic rings. The Balaban J connectivity index is 1.74. The Morgan fingerprint density at radius 3 is 2.63 bits per heavy atom. The number of aliphatic carboxylic acids is 1. The van der Waals surface area contributed by atoms with Crippen LogP contribution in [0.1, 0.15) is 25.0 Å². The lowest BCUT2D eigenvalue weighted by molar-refractivity contribution is -0.153. The van der Waals surface area contributed by atoms with Gasteiger partial charge in [0.25, 0.3) is 0 Å². The van der Waals surface area contributed by atoms with Gasteiger partial charge in [-0.25, -0.2) is 4.79 Å². The summed E-state index contributed by atoms with van der Waals surface area (Å²) in [5.41, 5.74) is -0.00301. The number of hydrogen-bond donors (Lipinski definition) is 3. The first-order valence-electron chi connectivity index (χ1n) is 6.27. The number of carboxylic acid groups (broad SMARTS) is 1. The summed E-state index contributed by atoms with van der Waals surface area (Å²) >= 11 is 0. The Labute approximate surface area is 111 Å². The number of amides is 2. The average Bonchev–Trinajstić information content (AvgIpc) is 2.36. The zero-order chi connectivity index (χ0) is 13.7. The van der Waals surface area contributed by atoms with Crippen molar-refractivity contribution < 1.29 is 14.7 Å². The summed E-state index contributed by atoms with van der Waals surface area (Å²) in [5, 5.41) is 14.4. The van der Waals surface area contributed by atoms with E-state index in [2.05, 4.69) is 15.6 Å². The highest BCUT2D eigenvalue weighted by molar-refractivity contribution is 5.78. The van der Waals surface area contributed by atoms with Crippen molar-refractivity contribution in [3.05, 3.63) is 30.1 Å². The first-order valence-corrected chi connectivity index (χ1v) is 6.27. The molecule has 2 rings (SSSR count). The van der Waals surface area contributed by atoms with Gasteiger partial charge in [-0.05, 0) is 25.0 Å². The Morgan fingerprint density at radius 2 is 2.11 bits per heavy atom. The highest BCUT2D eigenvalue weighted by atomic mass is 16.4. The van der Waals surface area contributed by atoms with Crippen molar-refractivity contribution in [3.63, 3.8) is 0 Å². The summed E-state index contributed by atoms with van der Waals surface area (Å²) in [6.07, 6.45) is 3.82. The molecule has 1 aliphatic carbocycles. The van der Waals surface area contributed by atoms with Gasteiger partial charge in [0.1, 0.15) is 0 Å².